The zero-order chi connectivity index (χ0) is 10.7. The second-order valence-electron chi connectivity index (χ2n) is 2.88. The van der Waals surface area contributed by atoms with Crippen LogP contribution in [0.3, 0.4) is 0 Å². The molecule has 0 bridgehead atoms. The number of esters is 1. The zero-order valence-corrected chi connectivity index (χ0v) is 8.07. The van der Waals surface area contributed by atoms with Gasteiger partial charge in [0.2, 0.25) is 0 Å². The summed E-state index contributed by atoms with van der Waals surface area (Å²) < 4.78 is 4.43. The normalized spacial score (nSPS) is 9.40. The predicted molar refractivity (Wildman–Crippen MR) is 55.0 cm³/mol. The Hall–Kier alpha value is -2.28. The Morgan fingerprint density at radius 2 is 2.40 bits per heavy atom. The molecule has 0 atom stereocenters. The average molecular weight is 200 g/mol. The van der Waals surface area contributed by atoms with Crippen LogP contribution in [0.15, 0.2) is 24.4 Å². The van der Waals surface area contributed by atoms with E-state index in [1.807, 2.05) is 18.2 Å². The number of benzene rings is 1. The van der Waals surface area contributed by atoms with Gasteiger partial charge in [-0.1, -0.05) is 18.1 Å². The van der Waals surface area contributed by atoms with Crippen LogP contribution in [0.2, 0.25) is 0 Å². The van der Waals surface area contributed by atoms with Gasteiger partial charge in [0.1, 0.15) is 0 Å². The van der Waals surface area contributed by atoms with Crippen molar-refractivity contribution < 1.29 is 9.53 Å². The van der Waals surface area contributed by atoms with Crippen molar-refractivity contribution in [3.63, 3.8) is 0 Å². The first-order valence-corrected chi connectivity index (χ1v) is 4.33. The summed E-state index contributed by atoms with van der Waals surface area (Å²) in [6.07, 6.45) is 1.71. The quantitative estimate of drug-likeness (QED) is 0.511. The summed E-state index contributed by atoms with van der Waals surface area (Å²) in [5.74, 6) is 4.55. The van der Waals surface area contributed by atoms with Crippen molar-refractivity contribution in [1.82, 2.24) is 10.2 Å². The van der Waals surface area contributed by atoms with Crippen LogP contribution in [0.25, 0.3) is 10.9 Å². The monoisotopic (exact) mass is 200 g/mol. The van der Waals surface area contributed by atoms with Crippen LogP contribution in [-0.2, 0) is 9.53 Å². The molecule has 0 spiro atoms. The van der Waals surface area contributed by atoms with E-state index in [2.05, 4.69) is 26.8 Å². The van der Waals surface area contributed by atoms with E-state index >= 15 is 0 Å². The first-order chi connectivity index (χ1) is 7.31. The van der Waals surface area contributed by atoms with Crippen molar-refractivity contribution >= 4 is 16.9 Å². The third-order valence-electron chi connectivity index (χ3n) is 1.96. The third-order valence-corrected chi connectivity index (χ3v) is 1.96. The molecule has 4 nitrogen and oxygen atoms in total. The number of fused-ring (bicyclic) bond motifs is 1. The van der Waals surface area contributed by atoms with Crippen LogP contribution >= 0.6 is 0 Å². The van der Waals surface area contributed by atoms with E-state index in [1.54, 1.807) is 6.20 Å². The van der Waals surface area contributed by atoms with Gasteiger partial charge in [-0.25, -0.2) is 4.79 Å². The Bertz CT molecular complexity index is 560. The number of methoxy groups -OCH3 is 1. The number of aromatic amines is 1. The summed E-state index contributed by atoms with van der Waals surface area (Å²) in [6, 6.07) is 5.59. The number of nitrogens with zero attached hydrogens (tertiary/aromatic N) is 1. The van der Waals surface area contributed by atoms with Gasteiger partial charge in [-0.15, -0.1) is 0 Å². The SMILES string of the molecule is COC(=O)C#Cc1cccc2cn[nH]c12. The Balaban J connectivity index is 2.46. The lowest BCUT2D eigenvalue weighted by atomic mass is 10.1. The first kappa shape index (κ1) is 9.28. The lowest BCUT2D eigenvalue weighted by Gasteiger charge is -1.92. The largest absolute Gasteiger partial charge is 0.459 e. The summed E-state index contributed by atoms with van der Waals surface area (Å²) in [4.78, 5) is 10.8. The number of para-hydroxylation sites is 1. The number of hydrogen-bond donors (Lipinski definition) is 1. The highest BCUT2D eigenvalue weighted by molar-refractivity contribution is 5.91. The number of ether oxygens (including phenoxy) is 1. The van der Waals surface area contributed by atoms with Crippen LogP contribution < -0.4 is 0 Å². The first-order valence-electron chi connectivity index (χ1n) is 4.33. The number of nitrogens with one attached hydrogen (secondary N) is 1. The molecule has 1 heterocycles. The van der Waals surface area contributed by atoms with Crippen LogP contribution in [0.5, 0.6) is 0 Å². The number of carbonyl (C=O) groups is 1. The van der Waals surface area contributed by atoms with Gasteiger partial charge in [0.05, 0.1) is 24.4 Å². The molecular formula is C11H8N2O2. The van der Waals surface area contributed by atoms with Crippen molar-refractivity contribution in [3.8, 4) is 11.8 Å². The molecule has 1 N–H and O–H groups in total. The van der Waals surface area contributed by atoms with E-state index in [1.165, 1.54) is 7.11 Å². The summed E-state index contributed by atoms with van der Waals surface area (Å²) in [5, 5.41) is 7.69. The highest BCUT2D eigenvalue weighted by Crippen LogP contribution is 2.13. The zero-order valence-electron chi connectivity index (χ0n) is 8.07. The highest BCUT2D eigenvalue weighted by Gasteiger charge is 1.99. The second kappa shape index (κ2) is 3.84. The maximum absolute atomic E-state index is 10.8. The van der Waals surface area contributed by atoms with Crippen LogP contribution in [0, 0.1) is 11.8 Å². The number of rotatable bonds is 0. The summed E-state index contributed by atoms with van der Waals surface area (Å²) >= 11 is 0. The second-order valence-corrected chi connectivity index (χ2v) is 2.88. The lowest BCUT2D eigenvalue weighted by Crippen LogP contribution is -1.94. The van der Waals surface area contributed by atoms with E-state index in [-0.39, 0.29) is 0 Å². The third kappa shape index (κ3) is 1.81. The average Bonchev–Trinajstić information content (AvgIpc) is 2.74. The number of H-pyrrole nitrogens is 1. The van der Waals surface area contributed by atoms with Gasteiger partial charge in [-0.3, -0.25) is 5.10 Å². The van der Waals surface area contributed by atoms with Crippen molar-refractivity contribution in [2.45, 2.75) is 0 Å². The standard InChI is InChI=1S/C11H8N2O2/c1-15-10(14)6-5-8-3-2-4-9-7-12-13-11(8)9/h2-4,7H,1H3,(H,12,13). The predicted octanol–water partition coefficient (Wildman–Crippen LogP) is 1.09. The molecule has 0 aliphatic carbocycles. The summed E-state index contributed by atoms with van der Waals surface area (Å²) in [6.45, 7) is 0. The summed E-state index contributed by atoms with van der Waals surface area (Å²) in [5.41, 5.74) is 1.56. The topological polar surface area (TPSA) is 55.0 Å². The fourth-order valence-corrected chi connectivity index (χ4v) is 1.24. The van der Waals surface area contributed by atoms with Crippen LogP contribution in [0.1, 0.15) is 5.56 Å². The van der Waals surface area contributed by atoms with E-state index in [0.29, 0.717) is 0 Å². The van der Waals surface area contributed by atoms with Gasteiger partial charge < -0.3 is 4.74 Å². The van der Waals surface area contributed by atoms with Crippen molar-refractivity contribution in [1.29, 1.82) is 0 Å². The van der Waals surface area contributed by atoms with Gasteiger partial charge in [0.15, 0.2) is 0 Å². The Morgan fingerprint density at radius 3 is 3.20 bits per heavy atom. The van der Waals surface area contributed by atoms with Gasteiger partial charge in [0.25, 0.3) is 0 Å². The van der Waals surface area contributed by atoms with Crippen molar-refractivity contribution in [3.05, 3.63) is 30.0 Å². The minimum Gasteiger partial charge on any atom is -0.459 e. The molecule has 0 fully saturated rings. The van der Waals surface area contributed by atoms with E-state index in [0.717, 1.165) is 16.5 Å². The van der Waals surface area contributed by atoms with E-state index in [4.69, 9.17) is 0 Å². The van der Waals surface area contributed by atoms with Crippen LogP contribution in [-0.4, -0.2) is 23.3 Å². The number of hydrogen-bond acceptors (Lipinski definition) is 3. The Kier molecular flexibility index (Phi) is 2.38. The molecule has 0 unspecified atom stereocenters. The molecule has 0 aliphatic heterocycles. The molecule has 0 saturated heterocycles. The highest BCUT2D eigenvalue weighted by atomic mass is 16.5. The van der Waals surface area contributed by atoms with Crippen LogP contribution in [0.4, 0.5) is 0 Å². The molecule has 4 heteroatoms. The number of carbonyl (C=O) groups excluding carboxylic acids is 1. The molecule has 0 radical (unpaired) electrons. The molecule has 74 valence electrons. The van der Waals surface area contributed by atoms with E-state index in [9.17, 15) is 4.79 Å². The molecule has 0 amide bonds. The minimum atomic E-state index is -0.550. The fourth-order valence-electron chi connectivity index (χ4n) is 1.24. The Morgan fingerprint density at radius 1 is 1.53 bits per heavy atom. The molecule has 0 aliphatic rings. The smallest absolute Gasteiger partial charge is 0.384 e. The van der Waals surface area contributed by atoms with Crippen molar-refractivity contribution in [2.24, 2.45) is 0 Å². The maximum Gasteiger partial charge on any atom is 0.384 e. The minimum absolute atomic E-state index is 0.550. The molecule has 2 aromatic rings. The Labute approximate surface area is 86.2 Å². The fraction of sp³-hybridized carbons (Fsp3) is 0.0909. The molecule has 15 heavy (non-hydrogen) atoms. The lowest BCUT2D eigenvalue weighted by molar-refractivity contribution is -0.133. The van der Waals surface area contributed by atoms with Gasteiger partial charge >= 0.3 is 5.97 Å². The molecular weight excluding hydrogens is 192 g/mol. The molecule has 2 rings (SSSR count). The van der Waals surface area contributed by atoms with Gasteiger partial charge in [-0.05, 0) is 6.07 Å². The van der Waals surface area contributed by atoms with Gasteiger partial charge in [-0.2, -0.15) is 5.10 Å². The number of aromatic nitrogens is 2. The molecule has 1 aromatic carbocycles. The molecule has 0 saturated carbocycles. The maximum atomic E-state index is 10.8. The summed E-state index contributed by atoms with van der Waals surface area (Å²) in [7, 11) is 1.30. The molecule has 1 aromatic heterocycles. The van der Waals surface area contributed by atoms with Crippen molar-refractivity contribution in [2.75, 3.05) is 7.11 Å². The van der Waals surface area contributed by atoms with E-state index < -0.39 is 5.97 Å². The van der Waals surface area contributed by atoms with Gasteiger partial charge in [0, 0.05) is 11.3 Å².